The van der Waals surface area contributed by atoms with Crippen molar-refractivity contribution in [3.05, 3.63) is 71.0 Å². The standard InChI is InChI=1S/C18H17FO3/c1-2-22-18(21)15-9-7-14(8-10-15)17(20)11-6-13-4-3-5-16(19)12-13/h3-5,7-10,12H,2,6,11H2,1H3. The van der Waals surface area contributed by atoms with Crippen LogP contribution in [0, 0.1) is 5.82 Å². The van der Waals surface area contributed by atoms with Crippen molar-refractivity contribution in [3.63, 3.8) is 0 Å². The number of ketones is 1. The second kappa shape index (κ2) is 7.50. The van der Waals surface area contributed by atoms with Crippen molar-refractivity contribution in [1.29, 1.82) is 0 Å². The first kappa shape index (κ1) is 15.9. The number of esters is 1. The predicted octanol–water partition coefficient (Wildman–Crippen LogP) is 3.82. The molecule has 0 spiro atoms. The molecule has 0 amide bonds. The maximum atomic E-state index is 13.1. The molecule has 0 radical (unpaired) electrons. The molecule has 2 aromatic rings. The van der Waals surface area contributed by atoms with Crippen LogP contribution in [0.4, 0.5) is 4.39 Å². The number of carbonyl (C=O) groups is 2. The maximum Gasteiger partial charge on any atom is 0.338 e. The minimum Gasteiger partial charge on any atom is -0.462 e. The lowest BCUT2D eigenvalue weighted by Gasteiger charge is -2.04. The summed E-state index contributed by atoms with van der Waals surface area (Å²) in [6.45, 7) is 2.05. The normalized spacial score (nSPS) is 10.3. The van der Waals surface area contributed by atoms with Crippen LogP contribution < -0.4 is 0 Å². The van der Waals surface area contributed by atoms with Gasteiger partial charge in [0.05, 0.1) is 12.2 Å². The van der Waals surface area contributed by atoms with Crippen molar-refractivity contribution in [2.75, 3.05) is 6.61 Å². The van der Waals surface area contributed by atoms with E-state index in [1.165, 1.54) is 12.1 Å². The van der Waals surface area contributed by atoms with E-state index in [2.05, 4.69) is 0 Å². The van der Waals surface area contributed by atoms with Gasteiger partial charge >= 0.3 is 5.97 Å². The molecule has 0 saturated heterocycles. The van der Waals surface area contributed by atoms with Crippen LogP contribution in [0.3, 0.4) is 0 Å². The van der Waals surface area contributed by atoms with E-state index in [4.69, 9.17) is 4.74 Å². The smallest absolute Gasteiger partial charge is 0.338 e. The molecule has 3 nitrogen and oxygen atoms in total. The lowest BCUT2D eigenvalue weighted by atomic mass is 10.0. The van der Waals surface area contributed by atoms with E-state index < -0.39 is 5.97 Å². The fourth-order valence-corrected chi connectivity index (χ4v) is 2.10. The summed E-state index contributed by atoms with van der Waals surface area (Å²) in [5, 5.41) is 0. The summed E-state index contributed by atoms with van der Waals surface area (Å²) in [5.41, 5.74) is 1.74. The van der Waals surface area contributed by atoms with Crippen molar-refractivity contribution in [2.24, 2.45) is 0 Å². The number of rotatable bonds is 6. The van der Waals surface area contributed by atoms with E-state index in [0.717, 1.165) is 5.56 Å². The van der Waals surface area contributed by atoms with Crippen LogP contribution in [0.5, 0.6) is 0 Å². The number of hydrogen-bond acceptors (Lipinski definition) is 3. The Balaban J connectivity index is 1.96. The van der Waals surface area contributed by atoms with E-state index in [0.29, 0.717) is 30.6 Å². The van der Waals surface area contributed by atoms with Gasteiger partial charge in [0, 0.05) is 12.0 Å². The minimum atomic E-state index is -0.402. The monoisotopic (exact) mass is 300 g/mol. The van der Waals surface area contributed by atoms with Gasteiger partial charge in [-0.3, -0.25) is 4.79 Å². The van der Waals surface area contributed by atoms with E-state index in [9.17, 15) is 14.0 Å². The van der Waals surface area contributed by atoms with Crippen LogP contribution >= 0.6 is 0 Å². The highest BCUT2D eigenvalue weighted by atomic mass is 19.1. The van der Waals surface area contributed by atoms with Crippen LogP contribution in [-0.2, 0) is 11.2 Å². The fourth-order valence-electron chi connectivity index (χ4n) is 2.10. The van der Waals surface area contributed by atoms with Gasteiger partial charge in [-0.15, -0.1) is 0 Å². The Labute approximate surface area is 128 Å². The van der Waals surface area contributed by atoms with E-state index in [-0.39, 0.29) is 11.6 Å². The van der Waals surface area contributed by atoms with Gasteiger partial charge in [-0.2, -0.15) is 0 Å². The summed E-state index contributed by atoms with van der Waals surface area (Å²) in [6, 6.07) is 12.6. The molecule has 114 valence electrons. The molecule has 0 bridgehead atoms. The van der Waals surface area contributed by atoms with Crippen LogP contribution in [0.15, 0.2) is 48.5 Å². The first-order valence-electron chi connectivity index (χ1n) is 7.15. The summed E-state index contributed by atoms with van der Waals surface area (Å²) < 4.78 is 18.0. The summed E-state index contributed by atoms with van der Waals surface area (Å²) >= 11 is 0. The summed E-state index contributed by atoms with van der Waals surface area (Å²) in [5.74, 6) is -0.746. The highest BCUT2D eigenvalue weighted by Gasteiger charge is 2.10. The van der Waals surface area contributed by atoms with Crippen molar-refractivity contribution in [3.8, 4) is 0 Å². The lowest BCUT2D eigenvalue weighted by molar-refractivity contribution is 0.0526. The molecule has 0 aliphatic rings. The minimum absolute atomic E-state index is 0.0420. The van der Waals surface area contributed by atoms with Crippen LogP contribution in [0.2, 0.25) is 0 Å². The molecule has 0 aromatic heterocycles. The van der Waals surface area contributed by atoms with Gasteiger partial charge in [0.2, 0.25) is 0 Å². The van der Waals surface area contributed by atoms with Gasteiger partial charge < -0.3 is 4.74 Å². The Morgan fingerprint density at radius 2 is 1.73 bits per heavy atom. The molecule has 0 unspecified atom stereocenters. The number of aryl methyl sites for hydroxylation is 1. The number of benzene rings is 2. The third kappa shape index (κ3) is 4.25. The topological polar surface area (TPSA) is 43.4 Å². The molecule has 0 atom stereocenters. The Kier molecular flexibility index (Phi) is 5.42. The summed E-state index contributed by atoms with van der Waals surface area (Å²) in [6.07, 6.45) is 0.776. The second-order valence-corrected chi connectivity index (χ2v) is 4.85. The lowest BCUT2D eigenvalue weighted by Crippen LogP contribution is -2.06. The Morgan fingerprint density at radius 3 is 2.36 bits per heavy atom. The Hall–Kier alpha value is -2.49. The summed E-state index contributed by atoms with van der Waals surface area (Å²) in [4.78, 5) is 23.6. The molecular weight excluding hydrogens is 283 g/mol. The SMILES string of the molecule is CCOC(=O)c1ccc(C(=O)CCc2cccc(F)c2)cc1. The molecule has 2 aromatic carbocycles. The van der Waals surface area contributed by atoms with Crippen LogP contribution in [0.1, 0.15) is 39.6 Å². The zero-order valence-electron chi connectivity index (χ0n) is 12.3. The van der Waals surface area contributed by atoms with E-state index in [1.807, 2.05) is 0 Å². The van der Waals surface area contributed by atoms with Crippen LogP contribution in [0.25, 0.3) is 0 Å². The number of carbonyl (C=O) groups excluding carboxylic acids is 2. The van der Waals surface area contributed by atoms with Gasteiger partial charge in [-0.1, -0.05) is 24.3 Å². The number of halogens is 1. The molecular formula is C18H17FO3. The molecule has 0 heterocycles. The predicted molar refractivity (Wildman–Crippen MR) is 81.5 cm³/mol. The van der Waals surface area contributed by atoms with Gasteiger partial charge in [0.1, 0.15) is 5.82 Å². The van der Waals surface area contributed by atoms with Gasteiger partial charge in [-0.25, -0.2) is 9.18 Å². The average molecular weight is 300 g/mol. The number of hydrogen-bond donors (Lipinski definition) is 0. The van der Waals surface area contributed by atoms with Gasteiger partial charge in [0.25, 0.3) is 0 Å². The zero-order valence-corrected chi connectivity index (χ0v) is 12.3. The Bertz CT molecular complexity index is 662. The average Bonchev–Trinajstić information content (AvgIpc) is 2.53. The van der Waals surface area contributed by atoms with Gasteiger partial charge in [-0.05, 0) is 43.2 Å². The van der Waals surface area contributed by atoms with Crippen molar-refractivity contribution in [1.82, 2.24) is 0 Å². The molecule has 22 heavy (non-hydrogen) atoms. The van der Waals surface area contributed by atoms with Crippen molar-refractivity contribution < 1.29 is 18.7 Å². The highest BCUT2D eigenvalue weighted by Crippen LogP contribution is 2.12. The molecule has 0 fully saturated rings. The van der Waals surface area contributed by atoms with E-state index in [1.54, 1.807) is 43.3 Å². The first-order chi connectivity index (χ1) is 10.6. The largest absolute Gasteiger partial charge is 0.462 e. The molecule has 4 heteroatoms. The summed E-state index contributed by atoms with van der Waals surface area (Å²) in [7, 11) is 0. The molecule has 2 rings (SSSR count). The third-order valence-corrected chi connectivity index (χ3v) is 3.25. The molecule has 0 N–H and O–H groups in total. The number of Topliss-reactive ketones (excluding diaryl/α,β-unsaturated/α-hetero) is 1. The van der Waals surface area contributed by atoms with Crippen molar-refractivity contribution in [2.45, 2.75) is 19.8 Å². The zero-order chi connectivity index (χ0) is 15.9. The number of ether oxygens (including phenoxy) is 1. The highest BCUT2D eigenvalue weighted by molar-refractivity contribution is 5.97. The molecule has 0 saturated carbocycles. The second-order valence-electron chi connectivity index (χ2n) is 4.85. The van der Waals surface area contributed by atoms with Crippen LogP contribution in [-0.4, -0.2) is 18.4 Å². The maximum absolute atomic E-state index is 13.1. The van der Waals surface area contributed by atoms with Crippen molar-refractivity contribution >= 4 is 11.8 Å². The molecule has 0 aliphatic heterocycles. The van der Waals surface area contributed by atoms with Gasteiger partial charge in [0.15, 0.2) is 5.78 Å². The molecule has 0 aliphatic carbocycles. The third-order valence-electron chi connectivity index (χ3n) is 3.25. The fraction of sp³-hybridized carbons (Fsp3) is 0.222. The quantitative estimate of drug-likeness (QED) is 0.601. The Morgan fingerprint density at radius 1 is 1.05 bits per heavy atom. The first-order valence-corrected chi connectivity index (χ1v) is 7.15. The van der Waals surface area contributed by atoms with E-state index >= 15 is 0 Å².